The Hall–Kier alpha value is -1.74. The summed E-state index contributed by atoms with van der Waals surface area (Å²) in [6, 6.07) is 13.6. The van der Waals surface area contributed by atoms with E-state index in [0.717, 1.165) is 10.0 Å². The minimum atomic E-state index is -3.70. The van der Waals surface area contributed by atoms with Crippen LogP contribution in [0.3, 0.4) is 0 Å². The van der Waals surface area contributed by atoms with E-state index in [-0.39, 0.29) is 29.1 Å². The van der Waals surface area contributed by atoms with Crippen molar-refractivity contribution in [3.8, 4) is 0 Å². The van der Waals surface area contributed by atoms with Crippen LogP contribution in [0, 0.1) is 0 Å². The lowest BCUT2D eigenvalue weighted by molar-refractivity contribution is -0.0440. The molecule has 29 heavy (non-hydrogen) atoms. The number of amides is 1. The van der Waals surface area contributed by atoms with E-state index in [9.17, 15) is 13.2 Å². The molecule has 2 aromatic carbocycles. The molecule has 1 aliphatic heterocycles. The Kier molecular flexibility index (Phi) is 6.78. The number of benzene rings is 2. The van der Waals surface area contributed by atoms with Gasteiger partial charge in [0, 0.05) is 23.1 Å². The number of hydrogen-bond donors (Lipinski definition) is 1. The molecule has 0 aromatic heterocycles. The highest BCUT2D eigenvalue weighted by atomic mass is 79.9. The van der Waals surface area contributed by atoms with Gasteiger partial charge in [0.05, 0.1) is 23.1 Å². The minimum absolute atomic E-state index is 0.114. The van der Waals surface area contributed by atoms with Crippen LogP contribution in [0.5, 0.6) is 0 Å². The summed E-state index contributed by atoms with van der Waals surface area (Å²) in [6.07, 6.45) is -0.349. The number of carbonyl (C=O) groups is 1. The molecule has 3 unspecified atom stereocenters. The number of rotatable bonds is 5. The van der Waals surface area contributed by atoms with E-state index in [0.29, 0.717) is 18.7 Å². The van der Waals surface area contributed by atoms with Crippen LogP contribution in [0.15, 0.2) is 57.9 Å². The molecule has 1 N–H and O–H groups in total. The number of halogens is 1. The maximum atomic E-state index is 13.1. The van der Waals surface area contributed by atoms with Crippen molar-refractivity contribution in [1.82, 2.24) is 9.62 Å². The Morgan fingerprint density at radius 3 is 2.38 bits per heavy atom. The molecular weight excluding hydrogens is 456 g/mol. The van der Waals surface area contributed by atoms with Gasteiger partial charge in [-0.3, -0.25) is 4.79 Å². The van der Waals surface area contributed by atoms with Crippen molar-refractivity contribution < 1.29 is 17.9 Å². The van der Waals surface area contributed by atoms with Crippen LogP contribution in [-0.2, 0) is 14.8 Å². The number of morpholine rings is 1. The zero-order valence-electron chi connectivity index (χ0n) is 16.6. The molecule has 8 heteroatoms. The van der Waals surface area contributed by atoms with E-state index in [1.165, 1.54) is 16.4 Å². The van der Waals surface area contributed by atoms with Crippen molar-refractivity contribution in [2.45, 2.75) is 43.9 Å². The summed E-state index contributed by atoms with van der Waals surface area (Å²) in [6.45, 7) is 6.18. The second kappa shape index (κ2) is 8.95. The summed E-state index contributed by atoms with van der Waals surface area (Å²) in [5.41, 5.74) is 1.27. The SMILES string of the molecule is CC1CN(S(=O)(=O)c2cccc(C(=O)NC(C)c3ccc(Br)cc3)c2)CC(C)O1. The van der Waals surface area contributed by atoms with Crippen LogP contribution in [0.25, 0.3) is 0 Å². The van der Waals surface area contributed by atoms with Crippen molar-refractivity contribution in [2.24, 2.45) is 0 Å². The van der Waals surface area contributed by atoms with Crippen molar-refractivity contribution in [3.63, 3.8) is 0 Å². The number of nitrogens with zero attached hydrogens (tertiary/aromatic N) is 1. The van der Waals surface area contributed by atoms with E-state index < -0.39 is 10.0 Å². The summed E-state index contributed by atoms with van der Waals surface area (Å²) in [5.74, 6) is -0.318. The standard InChI is InChI=1S/C21H25BrN2O4S/c1-14-12-24(13-15(2)28-14)29(26,27)20-6-4-5-18(11-20)21(25)23-16(3)17-7-9-19(22)10-8-17/h4-11,14-16H,12-13H2,1-3H3,(H,23,25). The fourth-order valence-electron chi connectivity index (χ4n) is 3.39. The van der Waals surface area contributed by atoms with E-state index >= 15 is 0 Å². The molecule has 1 saturated heterocycles. The number of nitrogens with one attached hydrogen (secondary N) is 1. The molecule has 1 aliphatic rings. The van der Waals surface area contributed by atoms with E-state index in [1.807, 2.05) is 45.0 Å². The molecule has 6 nitrogen and oxygen atoms in total. The first-order valence-corrected chi connectivity index (χ1v) is 11.7. The third kappa shape index (κ3) is 5.25. The molecule has 156 valence electrons. The normalized spacial score (nSPS) is 21.5. The summed E-state index contributed by atoms with van der Waals surface area (Å²) in [7, 11) is -3.70. The average molecular weight is 481 g/mol. The fraction of sp³-hybridized carbons (Fsp3) is 0.381. The number of hydrogen-bond acceptors (Lipinski definition) is 4. The Bertz CT molecular complexity index is 968. The molecule has 1 heterocycles. The lowest BCUT2D eigenvalue weighted by atomic mass is 10.1. The molecule has 2 aromatic rings. The predicted molar refractivity (Wildman–Crippen MR) is 115 cm³/mol. The molecule has 1 fully saturated rings. The molecule has 0 radical (unpaired) electrons. The van der Waals surface area contributed by atoms with Gasteiger partial charge >= 0.3 is 0 Å². The van der Waals surface area contributed by atoms with Crippen LogP contribution in [0.1, 0.15) is 42.7 Å². The minimum Gasteiger partial charge on any atom is -0.373 e. The summed E-state index contributed by atoms with van der Waals surface area (Å²) >= 11 is 3.39. The van der Waals surface area contributed by atoms with Crippen molar-refractivity contribution in [2.75, 3.05) is 13.1 Å². The average Bonchev–Trinajstić information content (AvgIpc) is 2.67. The highest BCUT2D eigenvalue weighted by molar-refractivity contribution is 9.10. The molecule has 1 amide bonds. The maximum absolute atomic E-state index is 13.1. The van der Waals surface area contributed by atoms with E-state index in [1.54, 1.807) is 12.1 Å². The first-order chi connectivity index (χ1) is 13.7. The molecule has 3 atom stereocenters. The molecule has 3 rings (SSSR count). The third-order valence-corrected chi connectivity index (χ3v) is 7.19. The van der Waals surface area contributed by atoms with Gasteiger partial charge in [-0.1, -0.05) is 34.1 Å². The van der Waals surface area contributed by atoms with Crippen molar-refractivity contribution in [3.05, 3.63) is 64.1 Å². The van der Waals surface area contributed by atoms with Gasteiger partial charge in [-0.2, -0.15) is 4.31 Å². The van der Waals surface area contributed by atoms with Gasteiger partial charge in [-0.15, -0.1) is 0 Å². The number of ether oxygens (including phenoxy) is 1. The van der Waals surface area contributed by atoms with Gasteiger partial charge in [0.2, 0.25) is 10.0 Å². The van der Waals surface area contributed by atoms with Gasteiger partial charge in [0.25, 0.3) is 5.91 Å². The Morgan fingerprint density at radius 1 is 1.14 bits per heavy atom. The third-order valence-electron chi connectivity index (χ3n) is 4.84. The second-order valence-corrected chi connectivity index (χ2v) is 10.2. The van der Waals surface area contributed by atoms with Gasteiger partial charge in [0.1, 0.15) is 0 Å². The van der Waals surface area contributed by atoms with Crippen molar-refractivity contribution >= 4 is 31.9 Å². The van der Waals surface area contributed by atoms with Crippen LogP contribution in [-0.4, -0.2) is 43.9 Å². The first kappa shape index (κ1) is 22.0. The zero-order valence-corrected chi connectivity index (χ0v) is 19.0. The second-order valence-electron chi connectivity index (χ2n) is 7.35. The number of carbonyl (C=O) groups excluding carboxylic acids is 1. The van der Waals surface area contributed by atoms with Gasteiger partial charge in [0.15, 0.2) is 0 Å². The van der Waals surface area contributed by atoms with Crippen LogP contribution >= 0.6 is 15.9 Å². The van der Waals surface area contributed by atoms with Crippen LogP contribution in [0.2, 0.25) is 0 Å². The maximum Gasteiger partial charge on any atom is 0.251 e. The Morgan fingerprint density at radius 2 is 1.76 bits per heavy atom. The van der Waals surface area contributed by atoms with Crippen LogP contribution in [0.4, 0.5) is 0 Å². The monoisotopic (exact) mass is 480 g/mol. The molecule has 0 bridgehead atoms. The topological polar surface area (TPSA) is 75.7 Å². The molecular formula is C21H25BrN2O4S. The predicted octanol–water partition coefficient (Wildman–Crippen LogP) is 3.74. The zero-order chi connectivity index (χ0) is 21.2. The lowest BCUT2D eigenvalue weighted by Gasteiger charge is -2.34. The fourth-order valence-corrected chi connectivity index (χ4v) is 5.29. The number of sulfonamides is 1. The van der Waals surface area contributed by atoms with Crippen molar-refractivity contribution in [1.29, 1.82) is 0 Å². The van der Waals surface area contributed by atoms with E-state index in [2.05, 4.69) is 21.2 Å². The highest BCUT2D eigenvalue weighted by Gasteiger charge is 2.32. The lowest BCUT2D eigenvalue weighted by Crippen LogP contribution is -2.48. The summed E-state index contributed by atoms with van der Waals surface area (Å²) in [5, 5.41) is 2.92. The largest absolute Gasteiger partial charge is 0.373 e. The van der Waals surface area contributed by atoms with E-state index in [4.69, 9.17) is 4.74 Å². The Labute approximate surface area is 180 Å². The molecule has 0 aliphatic carbocycles. The first-order valence-electron chi connectivity index (χ1n) is 9.49. The highest BCUT2D eigenvalue weighted by Crippen LogP contribution is 2.22. The summed E-state index contributed by atoms with van der Waals surface area (Å²) in [4.78, 5) is 12.8. The van der Waals surface area contributed by atoms with Gasteiger partial charge in [-0.05, 0) is 56.7 Å². The quantitative estimate of drug-likeness (QED) is 0.706. The van der Waals surface area contributed by atoms with Gasteiger partial charge in [-0.25, -0.2) is 8.42 Å². The Balaban J connectivity index is 1.77. The molecule has 0 spiro atoms. The molecule has 0 saturated carbocycles. The van der Waals surface area contributed by atoms with Crippen LogP contribution < -0.4 is 5.32 Å². The summed E-state index contributed by atoms with van der Waals surface area (Å²) < 4.78 is 34.1. The smallest absolute Gasteiger partial charge is 0.251 e. The van der Waals surface area contributed by atoms with Gasteiger partial charge < -0.3 is 10.1 Å².